The number of rotatable bonds is 1. The molecule has 0 radical (unpaired) electrons. The van der Waals surface area contributed by atoms with Crippen LogP contribution in [0, 0.1) is 0 Å². The summed E-state index contributed by atoms with van der Waals surface area (Å²) in [5, 5.41) is 3.41. The first-order chi connectivity index (χ1) is 7.58. The van der Waals surface area contributed by atoms with Gasteiger partial charge in [0, 0.05) is 31.8 Å². The molecule has 2 heterocycles. The van der Waals surface area contributed by atoms with Gasteiger partial charge in [-0.05, 0) is 33.1 Å². The Kier molecular flexibility index (Phi) is 3.50. The minimum atomic E-state index is -0.178. The van der Waals surface area contributed by atoms with E-state index in [1.165, 1.54) is 0 Å². The largest absolute Gasteiger partial charge is 0.368 e. The predicted octanol–water partition coefficient (Wildman–Crippen LogP) is 0.766. The number of amides is 1. The second-order valence-corrected chi connectivity index (χ2v) is 5.43. The quantitative estimate of drug-likeness (QED) is 0.718. The van der Waals surface area contributed by atoms with E-state index in [9.17, 15) is 4.79 Å². The van der Waals surface area contributed by atoms with Gasteiger partial charge in [-0.15, -0.1) is 0 Å². The van der Waals surface area contributed by atoms with E-state index in [-0.39, 0.29) is 17.6 Å². The highest BCUT2D eigenvalue weighted by Crippen LogP contribution is 2.18. The van der Waals surface area contributed by atoms with Gasteiger partial charge in [0.2, 0.25) is 0 Å². The number of piperazine rings is 1. The first-order valence-corrected chi connectivity index (χ1v) is 6.24. The minimum Gasteiger partial charge on any atom is -0.368 e. The Labute approximate surface area is 97.3 Å². The van der Waals surface area contributed by atoms with Crippen LogP contribution in [-0.2, 0) is 9.53 Å². The molecule has 0 aromatic carbocycles. The van der Waals surface area contributed by atoms with Crippen molar-refractivity contribution in [1.82, 2.24) is 10.2 Å². The summed E-state index contributed by atoms with van der Waals surface area (Å²) < 4.78 is 5.55. The summed E-state index contributed by atoms with van der Waals surface area (Å²) in [6, 6.07) is 0. The number of nitrogens with one attached hydrogen (secondary N) is 1. The van der Waals surface area contributed by atoms with Crippen molar-refractivity contribution >= 4 is 5.91 Å². The van der Waals surface area contributed by atoms with Crippen molar-refractivity contribution in [3.8, 4) is 0 Å². The van der Waals surface area contributed by atoms with Gasteiger partial charge in [0.05, 0.1) is 0 Å². The predicted molar refractivity (Wildman–Crippen MR) is 62.3 cm³/mol. The van der Waals surface area contributed by atoms with Gasteiger partial charge in [0.25, 0.3) is 5.91 Å². The maximum atomic E-state index is 12.2. The van der Waals surface area contributed by atoms with Crippen LogP contribution in [-0.4, -0.2) is 48.7 Å². The Bertz CT molecular complexity index is 260. The molecule has 1 N–H and O–H groups in total. The van der Waals surface area contributed by atoms with Crippen LogP contribution in [0.3, 0.4) is 0 Å². The van der Waals surface area contributed by atoms with Gasteiger partial charge in [-0.2, -0.15) is 0 Å². The highest BCUT2D eigenvalue weighted by Gasteiger charge is 2.33. The molecule has 0 bridgehead atoms. The van der Waals surface area contributed by atoms with Crippen LogP contribution in [0.5, 0.6) is 0 Å². The van der Waals surface area contributed by atoms with E-state index in [4.69, 9.17) is 4.74 Å². The third kappa shape index (κ3) is 2.74. The zero-order valence-corrected chi connectivity index (χ0v) is 10.3. The number of ether oxygens (including phenoxy) is 1. The monoisotopic (exact) mass is 226 g/mol. The van der Waals surface area contributed by atoms with Crippen molar-refractivity contribution < 1.29 is 9.53 Å². The van der Waals surface area contributed by atoms with Gasteiger partial charge >= 0.3 is 0 Å². The highest BCUT2D eigenvalue weighted by atomic mass is 16.5. The third-order valence-corrected chi connectivity index (χ3v) is 3.34. The summed E-state index contributed by atoms with van der Waals surface area (Å²) in [5.74, 6) is 0.189. The lowest BCUT2D eigenvalue weighted by atomic mass is 10.0. The maximum Gasteiger partial charge on any atom is 0.251 e. The molecule has 2 aliphatic rings. The number of nitrogens with zero attached hydrogens (tertiary/aromatic N) is 1. The van der Waals surface area contributed by atoms with E-state index < -0.39 is 0 Å². The standard InChI is InChI=1S/C12H22N2O2/c1-12(2)9-14(7-6-13-12)11(15)10-5-3-4-8-16-10/h10,13H,3-9H2,1-2H3. The summed E-state index contributed by atoms with van der Waals surface area (Å²) in [6.07, 6.45) is 2.92. The highest BCUT2D eigenvalue weighted by molar-refractivity contribution is 5.81. The van der Waals surface area contributed by atoms with Crippen LogP contribution in [0.1, 0.15) is 33.1 Å². The number of hydrogen-bond acceptors (Lipinski definition) is 3. The van der Waals surface area contributed by atoms with E-state index in [2.05, 4.69) is 19.2 Å². The molecule has 0 spiro atoms. The normalized spacial score (nSPS) is 30.1. The van der Waals surface area contributed by atoms with Gasteiger partial charge in [-0.1, -0.05) is 0 Å². The molecule has 16 heavy (non-hydrogen) atoms. The molecule has 4 nitrogen and oxygen atoms in total. The lowest BCUT2D eigenvalue weighted by molar-refractivity contribution is -0.148. The molecule has 2 fully saturated rings. The molecule has 0 saturated carbocycles. The molecule has 4 heteroatoms. The molecular weight excluding hydrogens is 204 g/mol. The van der Waals surface area contributed by atoms with E-state index in [1.807, 2.05) is 4.90 Å². The third-order valence-electron chi connectivity index (χ3n) is 3.34. The van der Waals surface area contributed by atoms with Gasteiger partial charge in [0.15, 0.2) is 0 Å². The van der Waals surface area contributed by atoms with Crippen molar-refractivity contribution in [3.05, 3.63) is 0 Å². The molecule has 2 rings (SSSR count). The topological polar surface area (TPSA) is 41.6 Å². The zero-order valence-electron chi connectivity index (χ0n) is 10.3. The Morgan fingerprint density at radius 3 is 2.88 bits per heavy atom. The fraction of sp³-hybridized carbons (Fsp3) is 0.917. The molecule has 0 aliphatic carbocycles. The van der Waals surface area contributed by atoms with E-state index >= 15 is 0 Å². The summed E-state index contributed by atoms with van der Waals surface area (Å²) in [4.78, 5) is 14.2. The van der Waals surface area contributed by atoms with Gasteiger partial charge < -0.3 is 15.0 Å². The van der Waals surface area contributed by atoms with Crippen molar-refractivity contribution in [2.45, 2.75) is 44.8 Å². The summed E-state index contributed by atoms with van der Waals surface area (Å²) in [5.41, 5.74) is 0.0303. The first-order valence-electron chi connectivity index (χ1n) is 6.24. The Morgan fingerprint density at radius 2 is 2.25 bits per heavy atom. The molecule has 0 aromatic heterocycles. The van der Waals surface area contributed by atoms with Crippen molar-refractivity contribution in [1.29, 1.82) is 0 Å². The second-order valence-electron chi connectivity index (χ2n) is 5.43. The van der Waals surface area contributed by atoms with Gasteiger partial charge in [0.1, 0.15) is 6.10 Å². The first kappa shape index (κ1) is 11.9. The van der Waals surface area contributed by atoms with E-state index in [1.54, 1.807) is 0 Å². The number of carbonyl (C=O) groups excluding carboxylic acids is 1. The Hall–Kier alpha value is -0.610. The van der Waals surface area contributed by atoms with Crippen molar-refractivity contribution in [3.63, 3.8) is 0 Å². The van der Waals surface area contributed by atoms with Gasteiger partial charge in [-0.3, -0.25) is 4.79 Å². The molecule has 92 valence electrons. The lowest BCUT2D eigenvalue weighted by Gasteiger charge is -2.40. The Morgan fingerprint density at radius 1 is 1.44 bits per heavy atom. The maximum absolute atomic E-state index is 12.2. The smallest absolute Gasteiger partial charge is 0.251 e. The SMILES string of the molecule is CC1(C)CN(C(=O)C2CCCCO2)CCN1. The van der Waals surface area contributed by atoms with Crippen LogP contribution in [0.15, 0.2) is 0 Å². The number of hydrogen-bond donors (Lipinski definition) is 1. The van der Waals surface area contributed by atoms with Crippen molar-refractivity contribution in [2.75, 3.05) is 26.2 Å². The molecule has 2 aliphatic heterocycles. The average molecular weight is 226 g/mol. The minimum absolute atomic E-state index is 0.0303. The van der Waals surface area contributed by atoms with Crippen molar-refractivity contribution in [2.24, 2.45) is 0 Å². The van der Waals surface area contributed by atoms with E-state index in [0.29, 0.717) is 0 Å². The summed E-state index contributed by atoms with van der Waals surface area (Å²) in [6.45, 7) is 7.48. The lowest BCUT2D eigenvalue weighted by Crippen LogP contribution is -2.60. The van der Waals surface area contributed by atoms with Crippen LogP contribution in [0.4, 0.5) is 0 Å². The van der Waals surface area contributed by atoms with Crippen LogP contribution >= 0.6 is 0 Å². The molecule has 1 atom stereocenters. The van der Waals surface area contributed by atoms with Gasteiger partial charge in [-0.25, -0.2) is 0 Å². The molecule has 1 amide bonds. The second kappa shape index (κ2) is 4.72. The fourth-order valence-corrected chi connectivity index (χ4v) is 2.47. The molecule has 0 aromatic rings. The molecular formula is C12H22N2O2. The molecule has 1 unspecified atom stereocenters. The Balaban J connectivity index is 1.93. The number of carbonyl (C=O) groups is 1. The van der Waals surface area contributed by atoms with E-state index in [0.717, 1.165) is 45.5 Å². The average Bonchev–Trinajstić information content (AvgIpc) is 2.28. The zero-order chi connectivity index (χ0) is 11.6. The fourth-order valence-electron chi connectivity index (χ4n) is 2.47. The molecule has 2 saturated heterocycles. The van der Waals surface area contributed by atoms with Crippen LogP contribution in [0.2, 0.25) is 0 Å². The summed E-state index contributed by atoms with van der Waals surface area (Å²) in [7, 11) is 0. The summed E-state index contributed by atoms with van der Waals surface area (Å²) >= 11 is 0. The van der Waals surface area contributed by atoms with Crippen LogP contribution < -0.4 is 5.32 Å². The van der Waals surface area contributed by atoms with Crippen LogP contribution in [0.25, 0.3) is 0 Å².